The van der Waals surface area contributed by atoms with Gasteiger partial charge in [0.15, 0.2) is 0 Å². The first-order valence-corrected chi connectivity index (χ1v) is 9.67. The molecule has 0 saturated heterocycles. The van der Waals surface area contributed by atoms with Crippen LogP contribution in [0.15, 0.2) is 46.9 Å². The molecule has 3 rings (SSSR count). The summed E-state index contributed by atoms with van der Waals surface area (Å²) < 4.78 is 11.3. The standard InChI is InChI=1S/C20H19BrClNO4/c1-26-19(24)10-17(12-3-2-4-15(21)8-12)23-20(25)14-7-13-9-16(22)5-6-18(13)27-11-14/h2-6,8-9,14,17H,7,10-11H2,1H3,(H,23,25). The van der Waals surface area contributed by atoms with Crippen LogP contribution < -0.4 is 10.1 Å². The normalized spacial score (nSPS) is 16.6. The molecule has 0 saturated carbocycles. The molecule has 1 aliphatic heterocycles. The highest BCUT2D eigenvalue weighted by molar-refractivity contribution is 9.10. The van der Waals surface area contributed by atoms with E-state index in [1.165, 1.54) is 7.11 Å². The number of ether oxygens (including phenoxy) is 2. The van der Waals surface area contributed by atoms with Gasteiger partial charge in [-0.2, -0.15) is 0 Å². The second-order valence-electron chi connectivity index (χ2n) is 6.36. The average Bonchev–Trinajstić information content (AvgIpc) is 2.66. The number of hydrogen-bond donors (Lipinski definition) is 1. The Kier molecular flexibility index (Phi) is 6.39. The van der Waals surface area contributed by atoms with Crippen molar-refractivity contribution in [2.75, 3.05) is 13.7 Å². The molecule has 5 nitrogen and oxygen atoms in total. The van der Waals surface area contributed by atoms with Crippen LogP contribution in [0.1, 0.15) is 23.6 Å². The van der Waals surface area contributed by atoms with Crippen molar-refractivity contribution in [1.82, 2.24) is 5.32 Å². The Balaban J connectivity index is 1.75. The van der Waals surface area contributed by atoms with E-state index in [4.69, 9.17) is 21.1 Å². The van der Waals surface area contributed by atoms with E-state index in [1.807, 2.05) is 36.4 Å². The fourth-order valence-corrected chi connectivity index (χ4v) is 3.66. The van der Waals surface area contributed by atoms with E-state index in [-0.39, 0.29) is 24.9 Å². The number of carbonyl (C=O) groups excluding carboxylic acids is 2. The lowest BCUT2D eigenvalue weighted by Crippen LogP contribution is -2.40. The van der Waals surface area contributed by atoms with Gasteiger partial charge < -0.3 is 14.8 Å². The molecule has 1 aliphatic rings. The summed E-state index contributed by atoms with van der Waals surface area (Å²) in [4.78, 5) is 24.7. The summed E-state index contributed by atoms with van der Waals surface area (Å²) in [5.41, 5.74) is 1.73. The van der Waals surface area contributed by atoms with Gasteiger partial charge in [-0.3, -0.25) is 9.59 Å². The van der Waals surface area contributed by atoms with E-state index in [1.54, 1.807) is 6.07 Å². The number of nitrogens with one attached hydrogen (secondary N) is 1. The highest BCUT2D eigenvalue weighted by atomic mass is 79.9. The number of methoxy groups -OCH3 is 1. The summed E-state index contributed by atoms with van der Waals surface area (Å²) in [7, 11) is 1.33. The number of halogens is 2. The number of fused-ring (bicyclic) bond motifs is 1. The lowest BCUT2D eigenvalue weighted by Gasteiger charge is -2.27. The molecule has 1 N–H and O–H groups in total. The largest absolute Gasteiger partial charge is 0.492 e. The molecular formula is C20H19BrClNO4. The van der Waals surface area contributed by atoms with Crippen molar-refractivity contribution < 1.29 is 19.1 Å². The van der Waals surface area contributed by atoms with Gasteiger partial charge in [0.1, 0.15) is 12.4 Å². The lowest BCUT2D eigenvalue weighted by molar-refractivity contribution is -0.141. The maximum atomic E-state index is 12.8. The summed E-state index contributed by atoms with van der Waals surface area (Å²) in [6.07, 6.45) is 0.583. The van der Waals surface area contributed by atoms with Gasteiger partial charge in [-0.1, -0.05) is 39.7 Å². The van der Waals surface area contributed by atoms with Crippen LogP contribution in [0.2, 0.25) is 5.02 Å². The molecule has 142 valence electrons. The Morgan fingerprint density at radius 2 is 2.15 bits per heavy atom. The zero-order valence-electron chi connectivity index (χ0n) is 14.7. The van der Waals surface area contributed by atoms with Crippen LogP contribution in [0.3, 0.4) is 0 Å². The highest BCUT2D eigenvalue weighted by Crippen LogP contribution is 2.30. The van der Waals surface area contributed by atoms with E-state index in [2.05, 4.69) is 21.2 Å². The van der Waals surface area contributed by atoms with E-state index in [0.717, 1.165) is 21.3 Å². The fourth-order valence-electron chi connectivity index (χ4n) is 3.05. The quantitative estimate of drug-likeness (QED) is 0.695. The number of esters is 1. The predicted molar refractivity (Wildman–Crippen MR) is 106 cm³/mol. The molecule has 0 aromatic heterocycles. The Labute approximate surface area is 171 Å². The molecule has 0 fully saturated rings. The number of carbonyl (C=O) groups is 2. The van der Waals surface area contributed by atoms with Crippen LogP contribution in [-0.2, 0) is 20.7 Å². The van der Waals surface area contributed by atoms with Gasteiger partial charge >= 0.3 is 5.97 Å². The zero-order valence-corrected chi connectivity index (χ0v) is 17.0. The first-order valence-electron chi connectivity index (χ1n) is 8.50. The third kappa shape index (κ3) is 5.02. The number of rotatable bonds is 5. The third-order valence-electron chi connectivity index (χ3n) is 4.47. The van der Waals surface area contributed by atoms with Gasteiger partial charge in [-0.15, -0.1) is 0 Å². The third-order valence-corrected chi connectivity index (χ3v) is 5.19. The minimum atomic E-state index is -0.483. The minimum Gasteiger partial charge on any atom is -0.492 e. The van der Waals surface area contributed by atoms with Crippen LogP contribution in [0.5, 0.6) is 5.75 Å². The van der Waals surface area contributed by atoms with Gasteiger partial charge in [-0.25, -0.2) is 0 Å². The first kappa shape index (κ1) is 19.7. The van der Waals surface area contributed by atoms with Crippen LogP contribution >= 0.6 is 27.5 Å². The molecule has 0 aliphatic carbocycles. The number of benzene rings is 2. The van der Waals surface area contributed by atoms with Crippen molar-refractivity contribution in [3.63, 3.8) is 0 Å². The van der Waals surface area contributed by atoms with Crippen molar-refractivity contribution >= 4 is 39.4 Å². The zero-order chi connectivity index (χ0) is 19.4. The Bertz CT molecular complexity index is 858. The molecule has 0 radical (unpaired) electrons. The maximum absolute atomic E-state index is 12.8. The molecular weight excluding hydrogens is 434 g/mol. The maximum Gasteiger partial charge on any atom is 0.307 e. The highest BCUT2D eigenvalue weighted by Gasteiger charge is 2.29. The molecule has 0 bridgehead atoms. The van der Waals surface area contributed by atoms with E-state index < -0.39 is 12.0 Å². The topological polar surface area (TPSA) is 64.6 Å². The lowest BCUT2D eigenvalue weighted by atomic mass is 9.95. The van der Waals surface area contributed by atoms with E-state index >= 15 is 0 Å². The Morgan fingerprint density at radius 1 is 1.33 bits per heavy atom. The predicted octanol–water partition coefficient (Wildman–Crippen LogP) is 4.07. The van der Waals surface area contributed by atoms with Crippen molar-refractivity contribution in [2.24, 2.45) is 5.92 Å². The van der Waals surface area contributed by atoms with Gasteiger partial charge in [0.2, 0.25) is 5.91 Å². The van der Waals surface area contributed by atoms with E-state index in [0.29, 0.717) is 11.4 Å². The average molecular weight is 453 g/mol. The molecule has 0 spiro atoms. The number of amides is 1. The summed E-state index contributed by atoms with van der Waals surface area (Å²) in [6, 6.07) is 12.4. The number of hydrogen-bond acceptors (Lipinski definition) is 4. The van der Waals surface area contributed by atoms with Crippen LogP contribution in [0.25, 0.3) is 0 Å². The molecule has 1 amide bonds. The van der Waals surface area contributed by atoms with E-state index in [9.17, 15) is 9.59 Å². The van der Waals surface area contributed by atoms with Crippen LogP contribution in [0, 0.1) is 5.92 Å². The monoisotopic (exact) mass is 451 g/mol. The second-order valence-corrected chi connectivity index (χ2v) is 7.71. The molecule has 7 heteroatoms. The molecule has 27 heavy (non-hydrogen) atoms. The summed E-state index contributed by atoms with van der Waals surface area (Å²) in [6.45, 7) is 0.282. The van der Waals surface area contributed by atoms with Crippen LogP contribution in [0.4, 0.5) is 0 Å². The molecule has 2 unspecified atom stereocenters. The van der Waals surface area contributed by atoms with Crippen molar-refractivity contribution in [1.29, 1.82) is 0 Å². The van der Waals surface area contributed by atoms with Gasteiger partial charge in [0.05, 0.1) is 25.5 Å². The molecule has 1 heterocycles. The second kappa shape index (κ2) is 8.76. The van der Waals surface area contributed by atoms with Crippen molar-refractivity contribution in [2.45, 2.75) is 18.9 Å². The summed E-state index contributed by atoms with van der Waals surface area (Å²) >= 11 is 9.46. The van der Waals surface area contributed by atoms with Gasteiger partial charge in [0, 0.05) is 9.50 Å². The molecule has 2 atom stereocenters. The summed E-state index contributed by atoms with van der Waals surface area (Å²) in [5.74, 6) is -0.170. The van der Waals surface area contributed by atoms with Gasteiger partial charge in [-0.05, 0) is 47.9 Å². The van der Waals surface area contributed by atoms with Crippen LogP contribution in [-0.4, -0.2) is 25.6 Å². The first-order chi connectivity index (χ1) is 13.0. The Morgan fingerprint density at radius 3 is 2.89 bits per heavy atom. The smallest absolute Gasteiger partial charge is 0.307 e. The summed E-state index contributed by atoms with van der Waals surface area (Å²) in [5, 5.41) is 3.57. The minimum absolute atomic E-state index is 0.0503. The Hall–Kier alpha value is -2.05. The van der Waals surface area contributed by atoms with Gasteiger partial charge in [0.25, 0.3) is 0 Å². The SMILES string of the molecule is COC(=O)CC(NC(=O)C1COc2ccc(Cl)cc2C1)c1cccc(Br)c1. The van der Waals surface area contributed by atoms with Crippen molar-refractivity contribution in [3.8, 4) is 5.75 Å². The molecule has 2 aromatic carbocycles. The fraction of sp³-hybridized carbons (Fsp3) is 0.300. The van der Waals surface area contributed by atoms with Crippen molar-refractivity contribution in [3.05, 3.63) is 63.1 Å². The molecule has 2 aromatic rings.